The van der Waals surface area contributed by atoms with E-state index in [4.69, 9.17) is 0 Å². The Morgan fingerprint density at radius 2 is 1.08 bits per heavy atom. The molecule has 0 N–H and O–H groups in total. The Bertz CT molecular complexity index is 694. The first kappa shape index (κ1) is 21.5. The molecule has 5 heteroatoms. The lowest BCUT2D eigenvalue weighted by Gasteiger charge is -2.34. The first-order valence-corrected chi connectivity index (χ1v) is 16.5. The zero-order chi connectivity index (χ0) is 19.7. The van der Waals surface area contributed by atoms with Crippen LogP contribution in [0.3, 0.4) is 0 Å². The summed E-state index contributed by atoms with van der Waals surface area (Å²) in [5.74, 6) is 0. The largest absolute Gasteiger partial charge is 0.107 e. The van der Waals surface area contributed by atoms with Gasteiger partial charge in [-0.25, -0.2) is 0 Å². The van der Waals surface area contributed by atoms with E-state index in [1.165, 1.54) is 12.8 Å². The predicted octanol–water partition coefficient (Wildman–Crippen LogP) is 8.18. The summed E-state index contributed by atoms with van der Waals surface area (Å²) in [6, 6.07) is 0. The van der Waals surface area contributed by atoms with Gasteiger partial charge in [-0.3, -0.25) is 0 Å². The van der Waals surface area contributed by atoms with Crippen molar-refractivity contribution in [3.05, 3.63) is 5.56 Å². The normalized spacial score (nSPS) is 21.0. The van der Waals surface area contributed by atoms with E-state index in [1.807, 2.05) is 0 Å². The Labute approximate surface area is 179 Å². The molecule has 0 amide bonds. The summed E-state index contributed by atoms with van der Waals surface area (Å²) in [5, 5.41) is 1.74. The van der Waals surface area contributed by atoms with Gasteiger partial charge < -0.3 is 0 Å². The van der Waals surface area contributed by atoms with Gasteiger partial charge in [0, 0.05) is 19.6 Å². The van der Waals surface area contributed by atoms with Crippen molar-refractivity contribution in [1.82, 2.24) is 0 Å². The third-order valence-electron chi connectivity index (χ3n) is 5.63. The van der Waals surface area contributed by atoms with E-state index >= 15 is 0 Å². The molecule has 0 spiro atoms. The number of benzene rings is 1. The molecule has 0 saturated carbocycles. The van der Waals surface area contributed by atoms with E-state index in [-0.39, 0.29) is 13.6 Å². The van der Waals surface area contributed by atoms with Gasteiger partial charge in [-0.05, 0) is 56.7 Å². The maximum Gasteiger partial charge on any atom is 0.0806 e. The van der Waals surface area contributed by atoms with Crippen LogP contribution < -0.4 is 5.19 Å². The highest BCUT2D eigenvalue weighted by Crippen LogP contribution is 2.65. The van der Waals surface area contributed by atoms with Crippen molar-refractivity contribution in [2.24, 2.45) is 0 Å². The quantitative estimate of drug-likeness (QED) is 0.431. The van der Waals surface area contributed by atoms with Crippen LogP contribution in [-0.4, -0.2) is 16.2 Å². The molecule has 0 saturated heterocycles. The van der Waals surface area contributed by atoms with Crippen LogP contribution in [0, 0.1) is 0 Å². The second-order valence-corrected chi connectivity index (χ2v) is 21.8. The van der Waals surface area contributed by atoms with E-state index in [2.05, 4.69) is 115 Å². The Morgan fingerprint density at radius 1 is 0.731 bits per heavy atom. The molecule has 1 aromatic carbocycles. The van der Waals surface area contributed by atoms with Crippen molar-refractivity contribution < 1.29 is 0 Å². The van der Waals surface area contributed by atoms with E-state index in [0.29, 0.717) is 0 Å². The van der Waals surface area contributed by atoms with Gasteiger partial charge in [0.05, 0.1) is 16.2 Å². The van der Waals surface area contributed by atoms with Crippen molar-refractivity contribution in [3.8, 4) is 0 Å². The van der Waals surface area contributed by atoms with Crippen LogP contribution >= 0.6 is 47.0 Å². The van der Waals surface area contributed by atoms with Crippen LogP contribution in [0.15, 0.2) is 19.6 Å². The van der Waals surface area contributed by atoms with Gasteiger partial charge in [-0.15, -0.1) is 47.0 Å². The van der Waals surface area contributed by atoms with Crippen LogP contribution in [0.4, 0.5) is 0 Å². The molecule has 0 radical (unpaired) electrons. The molecule has 0 bridgehead atoms. The van der Waals surface area contributed by atoms with Crippen LogP contribution in [0.25, 0.3) is 0 Å². The van der Waals surface area contributed by atoms with Gasteiger partial charge in [0.25, 0.3) is 0 Å². The van der Waals surface area contributed by atoms with Crippen LogP contribution in [-0.2, 0) is 5.41 Å². The average molecular weight is 443 g/mol. The molecule has 2 heterocycles. The lowest BCUT2D eigenvalue weighted by Crippen LogP contribution is -2.41. The monoisotopic (exact) mass is 442 g/mol. The number of thioether (sulfide) groups is 4. The summed E-state index contributed by atoms with van der Waals surface area (Å²) in [4.78, 5) is 6.56. The van der Waals surface area contributed by atoms with E-state index in [1.54, 1.807) is 30.3 Å². The van der Waals surface area contributed by atoms with E-state index in [0.717, 1.165) is 0 Å². The van der Waals surface area contributed by atoms with Crippen LogP contribution in [0.1, 0.15) is 66.9 Å². The molecule has 3 rings (SSSR count). The zero-order valence-corrected chi connectivity index (χ0v) is 22.3. The molecule has 2 aliphatic rings. The van der Waals surface area contributed by atoms with Crippen molar-refractivity contribution in [1.29, 1.82) is 0 Å². The minimum atomic E-state index is -1.44. The second-order valence-electron chi connectivity index (χ2n) is 9.79. The van der Waals surface area contributed by atoms with Crippen molar-refractivity contribution in [2.75, 3.05) is 0 Å². The smallest absolute Gasteiger partial charge is 0.0806 e. The summed E-state index contributed by atoms with van der Waals surface area (Å²) in [7, 11) is -1.44. The molecule has 0 fully saturated rings. The molecule has 0 aliphatic carbocycles. The second kappa shape index (κ2) is 6.68. The summed E-state index contributed by atoms with van der Waals surface area (Å²) in [6.45, 7) is 24.5. The Morgan fingerprint density at radius 3 is 1.38 bits per heavy atom. The standard InChI is InChI=1S/C21H34S4Si/c1-11-21(7,12-2)13-14-16(24-19(3,4)22-14)18(26(8,9)10)17-15(13)23-20(5,6)25-17/h11-12H2,1-10H3. The molecule has 0 atom stereocenters. The maximum atomic E-state index is 2.54. The topological polar surface area (TPSA) is 0 Å². The molecular formula is C21H34S4Si. The van der Waals surface area contributed by atoms with Crippen LogP contribution in [0.5, 0.6) is 0 Å². The molecule has 2 aliphatic heterocycles. The highest BCUT2D eigenvalue weighted by atomic mass is 32.2. The summed E-state index contributed by atoms with van der Waals surface area (Å²) < 4.78 is 0.488. The van der Waals surface area contributed by atoms with Crippen molar-refractivity contribution >= 4 is 60.3 Å². The van der Waals surface area contributed by atoms with Gasteiger partial charge in [-0.2, -0.15) is 0 Å². The van der Waals surface area contributed by atoms with Crippen LogP contribution in [0.2, 0.25) is 19.6 Å². The molecule has 1 aromatic rings. The summed E-state index contributed by atoms with van der Waals surface area (Å²) in [5.41, 5.74) is 1.95. The number of fused-ring (bicyclic) bond motifs is 2. The Kier molecular flexibility index (Phi) is 5.54. The zero-order valence-electron chi connectivity index (χ0n) is 18.0. The SMILES string of the molecule is CCC(C)(CC)c1c2c(c([Si](C)(C)C)c3c1SC(C)(C)S3)SC(C)(C)S2. The molecule has 0 nitrogen and oxygen atoms in total. The molecule has 146 valence electrons. The van der Waals surface area contributed by atoms with Crippen molar-refractivity contribution in [2.45, 2.75) is 114 Å². The highest BCUT2D eigenvalue weighted by Gasteiger charge is 2.47. The van der Waals surface area contributed by atoms with Gasteiger partial charge in [-0.1, -0.05) is 40.4 Å². The first-order valence-electron chi connectivity index (χ1n) is 9.75. The minimum Gasteiger partial charge on any atom is -0.107 e. The summed E-state index contributed by atoms with van der Waals surface area (Å²) >= 11 is 8.55. The maximum absolute atomic E-state index is 2.54. The fourth-order valence-corrected chi connectivity index (χ4v) is 13.9. The van der Waals surface area contributed by atoms with Gasteiger partial charge in [0.1, 0.15) is 0 Å². The lowest BCUT2D eigenvalue weighted by atomic mass is 9.77. The third-order valence-corrected chi connectivity index (χ3v) is 13.7. The molecule has 26 heavy (non-hydrogen) atoms. The van der Waals surface area contributed by atoms with Crippen molar-refractivity contribution in [3.63, 3.8) is 0 Å². The average Bonchev–Trinajstić information content (AvgIpc) is 2.95. The van der Waals surface area contributed by atoms with E-state index in [9.17, 15) is 0 Å². The van der Waals surface area contributed by atoms with Gasteiger partial charge in [0.15, 0.2) is 0 Å². The third kappa shape index (κ3) is 3.57. The summed E-state index contributed by atoms with van der Waals surface area (Å²) in [6.07, 6.45) is 2.43. The lowest BCUT2D eigenvalue weighted by molar-refractivity contribution is 0.420. The van der Waals surface area contributed by atoms with Gasteiger partial charge >= 0.3 is 0 Å². The fraction of sp³-hybridized carbons (Fsp3) is 0.714. The Hall–Kier alpha value is 0.837. The molecular weight excluding hydrogens is 409 g/mol. The van der Waals surface area contributed by atoms with Gasteiger partial charge in [0.2, 0.25) is 0 Å². The minimum absolute atomic E-state index is 0.244. The molecule has 0 unspecified atom stereocenters. The number of hydrogen-bond donors (Lipinski definition) is 0. The first-order chi connectivity index (χ1) is 11.7. The number of hydrogen-bond acceptors (Lipinski definition) is 4. The fourth-order valence-electron chi connectivity index (χ4n) is 3.91. The predicted molar refractivity (Wildman–Crippen MR) is 129 cm³/mol. The van der Waals surface area contributed by atoms with E-state index < -0.39 is 8.07 Å². The molecule has 0 aromatic heterocycles. The highest BCUT2D eigenvalue weighted by molar-refractivity contribution is 8.22. The number of rotatable bonds is 4. The Balaban J connectivity index is 2.42.